The molecule has 6 amide bonds. The van der Waals surface area contributed by atoms with Crippen molar-refractivity contribution in [2.24, 2.45) is 5.73 Å². The van der Waals surface area contributed by atoms with E-state index in [4.69, 9.17) is 11.1 Å². The lowest BCUT2D eigenvalue weighted by Crippen LogP contribution is -2.67. The number of rotatable bonds is 15. The second-order valence-corrected chi connectivity index (χ2v) is 13.3. The number of fused-ring (bicyclic) bond motifs is 1. The first-order valence-electron chi connectivity index (χ1n) is 17.4. The number of carbonyl (C=O) groups excluding carboxylic acids is 6. The van der Waals surface area contributed by atoms with Crippen molar-refractivity contribution in [1.82, 2.24) is 36.4 Å². The smallest absolute Gasteiger partial charge is 0.282 e. The van der Waals surface area contributed by atoms with Crippen LogP contribution in [0.5, 0.6) is 5.75 Å². The number of phenols is 1. The largest absolute Gasteiger partial charge is 0.508 e. The molecule has 3 heterocycles. The number of hydrogen-bond donors (Lipinski definition) is 9. The fourth-order valence-electron chi connectivity index (χ4n) is 6.86. The third kappa shape index (κ3) is 9.17. The van der Waals surface area contributed by atoms with Crippen LogP contribution in [0.3, 0.4) is 0 Å². The molecule has 0 bridgehead atoms. The number of carbonyl (C=O) groups is 6. The van der Waals surface area contributed by atoms with Gasteiger partial charge in [0.05, 0.1) is 18.1 Å². The van der Waals surface area contributed by atoms with Crippen LogP contribution in [0.25, 0.3) is 0 Å². The Bertz CT molecular complexity index is 1720. The van der Waals surface area contributed by atoms with Gasteiger partial charge in [0.1, 0.15) is 17.8 Å². The Hall–Kier alpha value is -5.81. The van der Waals surface area contributed by atoms with Crippen LogP contribution in [0.15, 0.2) is 66.7 Å². The van der Waals surface area contributed by atoms with Gasteiger partial charge in [-0.2, -0.15) is 0 Å². The van der Waals surface area contributed by atoms with Gasteiger partial charge >= 0.3 is 0 Å². The van der Waals surface area contributed by atoms with E-state index in [9.17, 15) is 39.0 Å². The van der Waals surface area contributed by atoms with Crippen LogP contribution in [-0.4, -0.2) is 117 Å². The highest BCUT2D eigenvalue weighted by Crippen LogP contribution is 2.31. The van der Waals surface area contributed by atoms with Gasteiger partial charge in [-0.1, -0.05) is 48.5 Å². The van der Waals surface area contributed by atoms with E-state index in [2.05, 4.69) is 26.6 Å². The zero-order valence-corrected chi connectivity index (χ0v) is 29.0. The minimum atomic E-state index is -2.13. The molecule has 282 valence electrons. The number of nitrogens with zero attached hydrogens (tertiary/aromatic N) is 2. The van der Waals surface area contributed by atoms with Crippen LogP contribution >= 0.6 is 0 Å². The average molecular weight is 732 g/mol. The van der Waals surface area contributed by atoms with Crippen molar-refractivity contribution in [3.8, 4) is 5.75 Å². The topological polar surface area (TPSA) is 259 Å². The zero-order valence-electron chi connectivity index (χ0n) is 29.0. The van der Waals surface area contributed by atoms with Gasteiger partial charge in [-0.25, -0.2) is 0 Å². The van der Waals surface area contributed by atoms with Crippen molar-refractivity contribution in [3.63, 3.8) is 0 Å². The molecule has 17 heteroatoms. The Labute approximate surface area is 305 Å². The normalized spacial score (nSPS) is 22.7. The van der Waals surface area contributed by atoms with Gasteiger partial charge in [0, 0.05) is 25.7 Å². The number of hydrogen-bond acceptors (Lipinski definition) is 10. The number of aromatic hydroxyl groups is 1. The number of nitrogens with two attached hydrogens (primary N) is 1. The van der Waals surface area contributed by atoms with Crippen molar-refractivity contribution < 1.29 is 39.0 Å². The molecule has 2 aromatic carbocycles. The molecule has 3 fully saturated rings. The van der Waals surface area contributed by atoms with Crippen LogP contribution in [0.2, 0.25) is 0 Å². The second kappa shape index (κ2) is 17.1. The molecule has 5 rings (SSSR count). The maximum atomic E-state index is 13.6. The lowest BCUT2D eigenvalue weighted by atomic mass is 9.92. The maximum absolute atomic E-state index is 13.6. The summed E-state index contributed by atoms with van der Waals surface area (Å²) in [5, 5.41) is 41.7. The quantitative estimate of drug-likeness (QED) is 0.0726. The Morgan fingerprint density at radius 3 is 2.43 bits per heavy atom. The van der Waals surface area contributed by atoms with Crippen LogP contribution in [0.4, 0.5) is 0 Å². The van der Waals surface area contributed by atoms with Crippen LogP contribution in [0, 0.1) is 5.41 Å². The molecule has 0 spiro atoms. The Morgan fingerprint density at radius 1 is 1.02 bits per heavy atom. The first-order chi connectivity index (χ1) is 25.4. The summed E-state index contributed by atoms with van der Waals surface area (Å²) in [6.07, 6.45) is 5.10. The maximum Gasteiger partial charge on any atom is 0.282 e. The minimum Gasteiger partial charge on any atom is -0.508 e. The van der Waals surface area contributed by atoms with E-state index < -0.39 is 65.5 Å². The predicted molar refractivity (Wildman–Crippen MR) is 190 cm³/mol. The summed E-state index contributed by atoms with van der Waals surface area (Å²) in [7, 11) is 0. The van der Waals surface area contributed by atoms with E-state index >= 15 is 0 Å². The molecule has 0 saturated carbocycles. The molecular formula is C36H45N9O8. The average Bonchev–Trinajstić information content (AvgIpc) is 3.72. The summed E-state index contributed by atoms with van der Waals surface area (Å²) in [6.45, 7) is 0.131. The third-order valence-corrected chi connectivity index (χ3v) is 9.65. The van der Waals surface area contributed by atoms with Crippen LogP contribution < -0.4 is 32.3 Å². The summed E-state index contributed by atoms with van der Waals surface area (Å²) in [5.74, 6) is -3.27. The molecule has 0 aliphatic carbocycles. The van der Waals surface area contributed by atoms with E-state index in [0.717, 1.165) is 11.1 Å². The Morgan fingerprint density at radius 2 is 1.72 bits per heavy atom. The second-order valence-electron chi connectivity index (χ2n) is 13.3. The number of likely N-dealkylation sites (tertiary alicyclic amines) is 1. The zero-order chi connectivity index (χ0) is 38.1. The van der Waals surface area contributed by atoms with Crippen LogP contribution in [0.1, 0.15) is 36.8 Å². The van der Waals surface area contributed by atoms with Crippen molar-refractivity contribution in [3.05, 3.63) is 77.9 Å². The first-order valence-corrected chi connectivity index (χ1v) is 17.4. The fraction of sp³-hybridized carbons (Fsp3) is 0.417. The molecule has 3 aliphatic heterocycles. The molecule has 0 aromatic heterocycles. The standard InChI is InChI=1S/C36H45N9O8/c37-26(19-22-6-2-1-3-7-22)31(49)41-24(18-23-10-13-25(47)14-11-23)12-15-30(48)39-20-27(40-21-46)33(51)44-16-4-8-28(44)32(50)42-29-9-5-17-45-35(38)43-34(52)36(29,45)53/h1-3,6-7,10-15,21,24,26-29,47,53H,4-5,8-9,16-20,37H2,(H,39,48)(H,40,46)(H,41,49)(H,42,50)(H2,38,43,52)/t24-,26-,27+,28+,29+,36-/m1/s1. The van der Waals surface area contributed by atoms with Gasteiger partial charge in [0.25, 0.3) is 5.91 Å². The number of phenolic OH excluding ortho intramolecular Hbond substituents is 1. The van der Waals surface area contributed by atoms with Gasteiger partial charge < -0.3 is 47.0 Å². The number of guanidine groups is 1. The predicted octanol–water partition coefficient (Wildman–Crippen LogP) is -1.90. The van der Waals surface area contributed by atoms with E-state index in [1.807, 2.05) is 30.3 Å². The SMILES string of the molecule is N=C1NC(=O)[C@]2(O)[C@@H](NC(=O)[C@@H]3CCCN3C(=O)[C@H](CNC(=O)C=C[C@H](Cc3ccc(O)cc3)NC(=O)[C@H](N)Cc3ccccc3)NC=O)CCCN12. The summed E-state index contributed by atoms with van der Waals surface area (Å²) in [6, 6.07) is 10.9. The van der Waals surface area contributed by atoms with Crippen molar-refractivity contribution in [2.45, 2.75) is 74.5 Å². The van der Waals surface area contributed by atoms with Crippen molar-refractivity contribution in [2.75, 3.05) is 19.6 Å². The molecule has 53 heavy (non-hydrogen) atoms. The number of benzene rings is 2. The molecule has 3 aliphatic rings. The summed E-state index contributed by atoms with van der Waals surface area (Å²) in [4.78, 5) is 79.7. The van der Waals surface area contributed by atoms with E-state index in [1.54, 1.807) is 12.1 Å². The number of aliphatic hydroxyl groups is 1. The first kappa shape index (κ1) is 38.4. The van der Waals surface area contributed by atoms with Gasteiger partial charge in [-0.3, -0.25) is 39.5 Å². The minimum absolute atomic E-state index is 0.0717. The highest BCUT2D eigenvalue weighted by Gasteiger charge is 2.58. The Balaban J connectivity index is 1.20. The summed E-state index contributed by atoms with van der Waals surface area (Å²) < 4.78 is 0. The lowest BCUT2D eigenvalue weighted by molar-refractivity contribution is -0.160. The molecule has 0 unspecified atom stereocenters. The molecule has 0 radical (unpaired) electrons. The highest BCUT2D eigenvalue weighted by molar-refractivity contribution is 6.07. The van der Waals surface area contributed by atoms with Crippen LogP contribution in [-0.2, 0) is 41.6 Å². The molecule has 2 aromatic rings. The van der Waals surface area contributed by atoms with Gasteiger partial charge in [-0.05, 0) is 61.8 Å². The Kier molecular flexibility index (Phi) is 12.4. The lowest BCUT2D eigenvalue weighted by Gasteiger charge is -2.42. The molecule has 3 saturated heterocycles. The van der Waals surface area contributed by atoms with Gasteiger partial charge in [-0.15, -0.1) is 0 Å². The monoisotopic (exact) mass is 731 g/mol. The number of piperidine rings is 1. The molecular weight excluding hydrogens is 686 g/mol. The van der Waals surface area contributed by atoms with Gasteiger partial charge in [0.2, 0.25) is 41.7 Å². The highest BCUT2D eigenvalue weighted by atomic mass is 16.3. The van der Waals surface area contributed by atoms with E-state index in [1.165, 1.54) is 34.1 Å². The molecule has 17 nitrogen and oxygen atoms in total. The third-order valence-electron chi connectivity index (χ3n) is 9.65. The fourth-order valence-corrected chi connectivity index (χ4v) is 6.86. The molecule has 10 N–H and O–H groups in total. The summed E-state index contributed by atoms with van der Waals surface area (Å²) in [5.41, 5.74) is 5.71. The number of amides is 6. The van der Waals surface area contributed by atoms with Crippen molar-refractivity contribution >= 4 is 41.9 Å². The van der Waals surface area contributed by atoms with Crippen molar-refractivity contribution in [1.29, 1.82) is 5.41 Å². The number of nitrogens with one attached hydrogen (secondary N) is 6. The van der Waals surface area contributed by atoms with E-state index in [-0.39, 0.29) is 44.2 Å². The van der Waals surface area contributed by atoms with E-state index in [0.29, 0.717) is 32.1 Å². The van der Waals surface area contributed by atoms with Gasteiger partial charge in [0.15, 0.2) is 0 Å². The molecule has 6 atom stereocenters. The summed E-state index contributed by atoms with van der Waals surface area (Å²) >= 11 is 0.